The monoisotopic (exact) mass is 275 g/mol. The Kier molecular flexibility index (Phi) is 2.52. The zero-order valence-electron chi connectivity index (χ0n) is 11.2. The molecule has 0 saturated carbocycles. The molecule has 1 aliphatic heterocycles. The van der Waals surface area contributed by atoms with E-state index in [1.165, 1.54) is 32.7 Å². The zero-order valence-corrected chi connectivity index (χ0v) is 12.0. The molecular weight excluding hydrogens is 262 g/mol. The summed E-state index contributed by atoms with van der Waals surface area (Å²) in [5.41, 5.74) is 7.67. The molecule has 0 amide bonds. The van der Waals surface area contributed by atoms with Gasteiger partial charge in [0.25, 0.3) is 0 Å². The van der Waals surface area contributed by atoms with E-state index in [9.17, 15) is 0 Å². The number of fused-ring (bicyclic) bond motifs is 4. The van der Waals surface area contributed by atoms with Crippen molar-refractivity contribution >= 4 is 22.9 Å². The minimum absolute atomic E-state index is 0.426. The maximum absolute atomic E-state index is 9.12. The molecule has 1 unspecified atom stereocenters. The van der Waals surface area contributed by atoms with E-state index in [-0.39, 0.29) is 0 Å². The van der Waals surface area contributed by atoms with Gasteiger partial charge in [-0.05, 0) is 46.0 Å². The summed E-state index contributed by atoms with van der Waals surface area (Å²) in [5, 5.41) is 9.12. The molecule has 2 aliphatic rings. The maximum Gasteiger partial charge on any atom is 0.0991 e. The Morgan fingerprint density at radius 1 is 1.15 bits per heavy atom. The van der Waals surface area contributed by atoms with Crippen LogP contribution < -0.4 is 0 Å². The number of hydrogen-bond donors (Lipinski definition) is 0. The fraction of sp³-hybridized carbons (Fsp3) is 0.167. The third-order valence-electron chi connectivity index (χ3n) is 4.28. The topological polar surface area (TPSA) is 23.8 Å². The maximum atomic E-state index is 9.12. The van der Waals surface area contributed by atoms with Gasteiger partial charge in [0, 0.05) is 16.6 Å². The van der Waals surface area contributed by atoms with Crippen molar-refractivity contribution in [3.63, 3.8) is 0 Å². The molecule has 1 atom stereocenters. The third-order valence-corrected chi connectivity index (χ3v) is 5.38. The molecule has 2 aromatic carbocycles. The van der Waals surface area contributed by atoms with Gasteiger partial charge in [0.1, 0.15) is 0 Å². The number of thioether (sulfide) groups is 1. The lowest BCUT2D eigenvalue weighted by molar-refractivity contribution is 1.00. The summed E-state index contributed by atoms with van der Waals surface area (Å²) in [5.74, 6) is 1.44. The summed E-state index contributed by atoms with van der Waals surface area (Å²) < 4.78 is 0. The lowest BCUT2D eigenvalue weighted by atomic mass is 9.92. The van der Waals surface area contributed by atoms with E-state index in [0.717, 1.165) is 11.3 Å². The van der Waals surface area contributed by atoms with Crippen LogP contribution in [0.2, 0.25) is 0 Å². The van der Waals surface area contributed by atoms with Crippen molar-refractivity contribution < 1.29 is 0 Å². The first kappa shape index (κ1) is 11.8. The van der Waals surface area contributed by atoms with Gasteiger partial charge in [0.05, 0.1) is 11.6 Å². The van der Waals surface area contributed by atoms with Crippen LogP contribution in [0.3, 0.4) is 0 Å². The first-order chi connectivity index (χ1) is 9.79. The summed E-state index contributed by atoms with van der Waals surface area (Å²) in [4.78, 5) is 1.38. The molecule has 2 heteroatoms. The van der Waals surface area contributed by atoms with Gasteiger partial charge in [-0.3, -0.25) is 0 Å². The summed E-state index contributed by atoms with van der Waals surface area (Å²) in [6, 6.07) is 17.0. The summed E-state index contributed by atoms with van der Waals surface area (Å²) in [6.07, 6.45) is 0. The van der Waals surface area contributed by atoms with Crippen molar-refractivity contribution in [2.75, 3.05) is 5.75 Å². The van der Waals surface area contributed by atoms with E-state index in [1.54, 1.807) is 0 Å². The second-order valence-electron chi connectivity index (χ2n) is 5.31. The lowest BCUT2D eigenvalue weighted by Gasteiger charge is -2.20. The van der Waals surface area contributed by atoms with E-state index in [4.69, 9.17) is 5.26 Å². The van der Waals surface area contributed by atoms with Crippen LogP contribution in [-0.4, -0.2) is 5.75 Å². The van der Waals surface area contributed by atoms with Gasteiger partial charge in [0.2, 0.25) is 0 Å². The fourth-order valence-corrected chi connectivity index (χ4v) is 4.46. The Balaban J connectivity index is 1.97. The molecule has 1 aliphatic carbocycles. The molecule has 1 nitrogen and oxygen atoms in total. The molecule has 0 aromatic heterocycles. The van der Waals surface area contributed by atoms with Crippen LogP contribution in [-0.2, 0) is 0 Å². The quantitative estimate of drug-likeness (QED) is 0.696. The average molecular weight is 275 g/mol. The minimum atomic E-state index is 0.426. The van der Waals surface area contributed by atoms with Crippen molar-refractivity contribution in [1.82, 2.24) is 0 Å². The van der Waals surface area contributed by atoms with Crippen LogP contribution in [0, 0.1) is 11.3 Å². The Morgan fingerprint density at radius 2 is 2.00 bits per heavy atom. The smallest absolute Gasteiger partial charge is 0.0991 e. The van der Waals surface area contributed by atoms with Crippen molar-refractivity contribution in [2.24, 2.45) is 0 Å². The molecule has 0 fully saturated rings. The average Bonchev–Trinajstić information content (AvgIpc) is 2.80. The SMILES string of the molecule is CC1C2=C(CSc3ccccc32)c2cc(C#N)ccc21. The van der Waals surface area contributed by atoms with Crippen molar-refractivity contribution in [3.8, 4) is 6.07 Å². The molecule has 1 heterocycles. The van der Waals surface area contributed by atoms with Crippen LogP contribution in [0.5, 0.6) is 0 Å². The number of hydrogen-bond acceptors (Lipinski definition) is 2. The standard InChI is InChI=1S/C18H13NS/c1-11-13-7-6-12(9-19)8-15(13)16-10-20-17-5-3-2-4-14(17)18(11)16/h2-8,11H,10H2,1H3. The van der Waals surface area contributed by atoms with E-state index < -0.39 is 0 Å². The summed E-state index contributed by atoms with van der Waals surface area (Å²) >= 11 is 1.90. The number of nitrogens with zero attached hydrogens (tertiary/aromatic N) is 1. The van der Waals surface area contributed by atoms with Crippen LogP contribution in [0.25, 0.3) is 11.1 Å². The second-order valence-corrected chi connectivity index (χ2v) is 6.33. The summed E-state index contributed by atoms with van der Waals surface area (Å²) in [6.45, 7) is 2.28. The Morgan fingerprint density at radius 3 is 2.85 bits per heavy atom. The Labute approximate surface area is 122 Å². The largest absolute Gasteiger partial charge is 0.192 e. The number of benzene rings is 2. The van der Waals surface area contributed by atoms with Gasteiger partial charge < -0.3 is 0 Å². The molecule has 0 spiro atoms. The molecule has 20 heavy (non-hydrogen) atoms. The highest BCUT2D eigenvalue weighted by atomic mass is 32.2. The minimum Gasteiger partial charge on any atom is -0.192 e. The summed E-state index contributed by atoms with van der Waals surface area (Å²) in [7, 11) is 0. The normalized spacial score (nSPS) is 19.1. The van der Waals surface area contributed by atoms with Gasteiger partial charge in [-0.1, -0.05) is 31.2 Å². The highest BCUT2D eigenvalue weighted by Gasteiger charge is 2.32. The van der Waals surface area contributed by atoms with Crippen LogP contribution in [0.4, 0.5) is 0 Å². The van der Waals surface area contributed by atoms with Crippen LogP contribution in [0.15, 0.2) is 47.4 Å². The van der Waals surface area contributed by atoms with E-state index >= 15 is 0 Å². The number of allylic oxidation sites excluding steroid dienone is 1. The number of nitriles is 1. The van der Waals surface area contributed by atoms with Crippen LogP contribution in [0.1, 0.15) is 35.1 Å². The molecule has 4 rings (SSSR count). The Hall–Kier alpha value is -1.98. The highest BCUT2D eigenvalue weighted by molar-refractivity contribution is 7.99. The molecule has 2 aromatic rings. The number of rotatable bonds is 0. The highest BCUT2D eigenvalue weighted by Crippen LogP contribution is 2.53. The lowest BCUT2D eigenvalue weighted by Crippen LogP contribution is -2.00. The molecule has 0 N–H and O–H groups in total. The van der Waals surface area contributed by atoms with Gasteiger partial charge in [-0.2, -0.15) is 5.26 Å². The van der Waals surface area contributed by atoms with Gasteiger partial charge in [-0.15, -0.1) is 11.8 Å². The van der Waals surface area contributed by atoms with E-state index in [0.29, 0.717) is 5.92 Å². The molecule has 96 valence electrons. The van der Waals surface area contributed by atoms with Gasteiger partial charge in [-0.25, -0.2) is 0 Å². The molecule has 0 bridgehead atoms. The fourth-order valence-electron chi connectivity index (χ4n) is 3.34. The first-order valence-corrected chi connectivity index (χ1v) is 7.78. The van der Waals surface area contributed by atoms with Crippen molar-refractivity contribution in [1.29, 1.82) is 5.26 Å². The molecular formula is C18H13NS. The van der Waals surface area contributed by atoms with Crippen molar-refractivity contribution in [3.05, 3.63) is 64.7 Å². The van der Waals surface area contributed by atoms with E-state index in [1.807, 2.05) is 17.8 Å². The van der Waals surface area contributed by atoms with Crippen LogP contribution >= 0.6 is 11.8 Å². The van der Waals surface area contributed by atoms with Crippen molar-refractivity contribution in [2.45, 2.75) is 17.7 Å². The first-order valence-electron chi connectivity index (χ1n) is 6.79. The second kappa shape index (κ2) is 4.26. The predicted octanol–water partition coefficient (Wildman–Crippen LogP) is 4.69. The molecule has 0 radical (unpaired) electrons. The van der Waals surface area contributed by atoms with E-state index in [2.05, 4.69) is 49.4 Å². The zero-order chi connectivity index (χ0) is 13.7. The molecule has 0 saturated heterocycles. The van der Waals surface area contributed by atoms with Gasteiger partial charge in [0.15, 0.2) is 0 Å². The third kappa shape index (κ3) is 1.50. The predicted molar refractivity (Wildman–Crippen MR) is 83.6 cm³/mol. The Bertz CT molecular complexity index is 795. The van der Waals surface area contributed by atoms with Gasteiger partial charge >= 0.3 is 0 Å².